The molecule has 1 aromatic rings. The minimum absolute atomic E-state index is 0.319. The fourth-order valence-corrected chi connectivity index (χ4v) is 2.42. The molecular formula is C18H25NO5. The smallest absolute Gasteiger partial charge is 0.323 e. The van der Waals surface area contributed by atoms with Crippen LogP contribution in [0, 0.1) is 0 Å². The summed E-state index contributed by atoms with van der Waals surface area (Å²) in [5.74, 6) is 0.205. The van der Waals surface area contributed by atoms with Gasteiger partial charge in [0.2, 0.25) is 0 Å². The Labute approximate surface area is 142 Å². The van der Waals surface area contributed by atoms with Crippen molar-refractivity contribution in [3.63, 3.8) is 0 Å². The number of cyclic esters (lactones) is 1. The molecule has 0 aliphatic carbocycles. The molecule has 0 radical (unpaired) electrons. The molecule has 1 heterocycles. The number of rotatable bonds is 5. The molecule has 2 N–H and O–H groups in total. The van der Waals surface area contributed by atoms with Crippen LogP contribution in [0.5, 0.6) is 5.75 Å². The lowest BCUT2D eigenvalue weighted by Gasteiger charge is -2.33. The zero-order valence-electron chi connectivity index (χ0n) is 13.9. The van der Waals surface area contributed by atoms with Crippen LogP contribution < -0.4 is 10.5 Å². The quantitative estimate of drug-likeness (QED) is 0.651. The van der Waals surface area contributed by atoms with Crippen LogP contribution >= 0.6 is 0 Å². The average Bonchev–Trinajstić information content (AvgIpc) is 2.59. The number of carbonyl (C=O) groups excluding carboxylic acids is 1. The van der Waals surface area contributed by atoms with Crippen molar-refractivity contribution in [1.29, 1.82) is 0 Å². The third-order valence-corrected chi connectivity index (χ3v) is 3.73. The summed E-state index contributed by atoms with van der Waals surface area (Å²) in [5.41, 5.74) is 5.80. The number of hydrogen-bond acceptors (Lipinski definition) is 6. The van der Waals surface area contributed by atoms with Crippen molar-refractivity contribution >= 4 is 5.97 Å². The summed E-state index contributed by atoms with van der Waals surface area (Å²) in [6.07, 6.45) is 0.594. The highest BCUT2D eigenvalue weighted by molar-refractivity contribution is 5.75. The van der Waals surface area contributed by atoms with Crippen molar-refractivity contribution in [2.45, 2.75) is 37.7 Å². The van der Waals surface area contributed by atoms with E-state index in [1.54, 1.807) is 13.0 Å². The topological polar surface area (TPSA) is 80.0 Å². The largest absolute Gasteiger partial charge is 0.484 e. The minimum atomic E-state index is -0.699. The second-order valence-electron chi connectivity index (χ2n) is 5.67. The molecule has 0 saturated carbocycles. The van der Waals surface area contributed by atoms with E-state index in [9.17, 15) is 4.79 Å². The van der Waals surface area contributed by atoms with Crippen LogP contribution in [-0.4, -0.2) is 50.1 Å². The van der Waals surface area contributed by atoms with E-state index in [1.165, 1.54) is 0 Å². The van der Waals surface area contributed by atoms with Gasteiger partial charge < -0.3 is 24.7 Å². The highest BCUT2D eigenvalue weighted by atomic mass is 16.6. The Morgan fingerprint density at radius 2 is 2.12 bits per heavy atom. The minimum Gasteiger partial charge on any atom is -0.484 e. The maximum atomic E-state index is 12.0. The molecule has 1 aromatic carbocycles. The molecule has 4 atom stereocenters. The third-order valence-electron chi connectivity index (χ3n) is 3.73. The lowest BCUT2D eigenvalue weighted by atomic mass is 10.1. The van der Waals surface area contributed by atoms with Gasteiger partial charge in [0.05, 0.1) is 13.2 Å². The van der Waals surface area contributed by atoms with Gasteiger partial charge in [0.1, 0.15) is 24.0 Å². The number of benzene rings is 1. The van der Waals surface area contributed by atoms with Crippen molar-refractivity contribution in [3.05, 3.63) is 43.0 Å². The predicted octanol–water partition coefficient (Wildman–Crippen LogP) is 1.68. The van der Waals surface area contributed by atoms with Gasteiger partial charge in [-0.05, 0) is 25.5 Å². The first-order valence-corrected chi connectivity index (χ1v) is 8.10. The van der Waals surface area contributed by atoms with Gasteiger partial charge in [-0.25, -0.2) is 0 Å². The van der Waals surface area contributed by atoms with Crippen LogP contribution in [-0.2, 0) is 19.0 Å². The summed E-state index contributed by atoms with van der Waals surface area (Å²) in [6.45, 7) is 6.46. The molecule has 0 spiro atoms. The van der Waals surface area contributed by atoms with Gasteiger partial charge in [-0.3, -0.25) is 4.79 Å². The van der Waals surface area contributed by atoms with E-state index in [0.29, 0.717) is 32.0 Å². The Morgan fingerprint density at radius 1 is 1.38 bits per heavy atom. The second-order valence-corrected chi connectivity index (χ2v) is 5.67. The molecule has 0 aromatic heterocycles. The summed E-state index contributed by atoms with van der Waals surface area (Å²) in [4.78, 5) is 12.0. The summed E-state index contributed by atoms with van der Waals surface area (Å²) in [7, 11) is 0. The van der Waals surface area contributed by atoms with E-state index in [2.05, 4.69) is 6.58 Å². The van der Waals surface area contributed by atoms with Crippen molar-refractivity contribution in [1.82, 2.24) is 0 Å². The standard InChI is InChI=1S/C18H25NO5/c1-3-10-22-16-12-21-11-9-15(19)18(20)23-13(2)17(16)24-14-7-5-4-6-8-14/h3-8,13,15-17H,1,9-12,19H2,2H3/t13-,15-,16-,17-/m0/s1. The zero-order chi connectivity index (χ0) is 17.4. The fourth-order valence-electron chi connectivity index (χ4n) is 2.42. The van der Waals surface area contributed by atoms with Gasteiger partial charge in [-0.1, -0.05) is 24.3 Å². The molecule has 6 heteroatoms. The first-order chi connectivity index (χ1) is 11.6. The molecule has 2 rings (SSSR count). The fraction of sp³-hybridized carbons (Fsp3) is 0.500. The summed E-state index contributed by atoms with van der Waals surface area (Å²) in [5, 5.41) is 0. The highest BCUT2D eigenvalue weighted by Crippen LogP contribution is 2.20. The molecule has 1 fully saturated rings. The van der Waals surface area contributed by atoms with Crippen molar-refractivity contribution in [2.24, 2.45) is 5.73 Å². The second kappa shape index (κ2) is 9.42. The van der Waals surface area contributed by atoms with Crippen LogP contribution in [0.3, 0.4) is 0 Å². The Hall–Kier alpha value is -1.89. The van der Waals surface area contributed by atoms with E-state index >= 15 is 0 Å². The summed E-state index contributed by atoms with van der Waals surface area (Å²) in [6, 6.07) is 8.62. The van der Waals surface area contributed by atoms with E-state index in [4.69, 9.17) is 24.7 Å². The molecule has 0 unspecified atom stereocenters. The molecule has 1 aliphatic rings. The first kappa shape index (κ1) is 18.4. The first-order valence-electron chi connectivity index (χ1n) is 8.10. The lowest BCUT2D eigenvalue weighted by molar-refractivity contribution is -0.165. The SMILES string of the molecule is C=CCO[C@H]1COCC[C@H](N)C(=O)O[C@@H](C)[C@@H]1Oc1ccccc1. The number of nitrogens with two attached hydrogens (primary N) is 1. The lowest BCUT2D eigenvalue weighted by Crippen LogP contribution is -2.49. The van der Waals surface area contributed by atoms with Crippen molar-refractivity contribution < 1.29 is 23.7 Å². The maximum absolute atomic E-state index is 12.0. The van der Waals surface area contributed by atoms with Crippen molar-refractivity contribution in [3.8, 4) is 5.75 Å². The third kappa shape index (κ3) is 5.33. The molecule has 6 nitrogen and oxygen atoms in total. The molecule has 24 heavy (non-hydrogen) atoms. The number of carbonyl (C=O) groups is 1. The van der Waals surface area contributed by atoms with Crippen LogP contribution in [0.15, 0.2) is 43.0 Å². The Kier molecular flexibility index (Phi) is 7.24. The van der Waals surface area contributed by atoms with E-state index in [1.807, 2.05) is 30.3 Å². The van der Waals surface area contributed by atoms with E-state index in [0.717, 1.165) is 0 Å². The van der Waals surface area contributed by atoms with Crippen LogP contribution in [0.4, 0.5) is 0 Å². The molecule has 0 amide bonds. The number of esters is 1. The Morgan fingerprint density at radius 3 is 2.83 bits per heavy atom. The van der Waals surface area contributed by atoms with Gasteiger partial charge in [0.15, 0.2) is 6.10 Å². The Balaban J connectivity index is 2.19. The molecule has 1 aliphatic heterocycles. The normalized spacial score (nSPS) is 28.7. The van der Waals surface area contributed by atoms with Crippen molar-refractivity contribution in [2.75, 3.05) is 19.8 Å². The summed E-state index contributed by atoms with van der Waals surface area (Å²) >= 11 is 0. The molecule has 1 saturated heterocycles. The van der Waals surface area contributed by atoms with Gasteiger partial charge in [-0.15, -0.1) is 6.58 Å². The molecule has 132 valence electrons. The Bertz CT molecular complexity index is 521. The number of para-hydroxylation sites is 1. The zero-order valence-corrected chi connectivity index (χ0v) is 13.9. The van der Waals surface area contributed by atoms with Gasteiger partial charge in [0, 0.05) is 6.61 Å². The maximum Gasteiger partial charge on any atom is 0.323 e. The van der Waals surface area contributed by atoms with Crippen LogP contribution in [0.1, 0.15) is 13.3 Å². The van der Waals surface area contributed by atoms with E-state index in [-0.39, 0.29) is 0 Å². The monoisotopic (exact) mass is 335 g/mol. The van der Waals surface area contributed by atoms with Gasteiger partial charge >= 0.3 is 5.97 Å². The number of ether oxygens (including phenoxy) is 4. The highest BCUT2D eigenvalue weighted by Gasteiger charge is 2.34. The van der Waals surface area contributed by atoms with Gasteiger partial charge in [0.25, 0.3) is 0 Å². The van der Waals surface area contributed by atoms with E-state index < -0.39 is 30.3 Å². The summed E-state index contributed by atoms with van der Waals surface area (Å²) < 4.78 is 22.9. The molecule has 0 bridgehead atoms. The predicted molar refractivity (Wildman–Crippen MR) is 89.8 cm³/mol. The average molecular weight is 335 g/mol. The number of hydrogen-bond donors (Lipinski definition) is 1. The van der Waals surface area contributed by atoms with Crippen LogP contribution in [0.25, 0.3) is 0 Å². The molecular weight excluding hydrogens is 310 g/mol. The van der Waals surface area contributed by atoms with Gasteiger partial charge in [-0.2, -0.15) is 0 Å². The van der Waals surface area contributed by atoms with Crippen LogP contribution in [0.2, 0.25) is 0 Å².